The number of halogens is 1. The maximum Gasteiger partial charge on any atom is 0.227 e. The van der Waals surface area contributed by atoms with Crippen LogP contribution in [-0.2, 0) is 4.79 Å². The van der Waals surface area contributed by atoms with Crippen molar-refractivity contribution in [2.45, 2.75) is 25.3 Å². The fourth-order valence-corrected chi connectivity index (χ4v) is 2.94. The van der Waals surface area contributed by atoms with E-state index in [1.807, 2.05) is 12.1 Å². The van der Waals surface area contributed by atoms with Crippen molar-refractivity contribution in [3.8, 4) is 0 Å². The lowest BCUT2D eigenvalue weighted by molar-refractivity contribution is -0.119. The Hall–Kier alpha value is -1.65. The lowest BCUT2D eigenvalue weighted by Gasteiger charge is -2.12. The average Bonchev–Trinajstić information content (AvgIpc) is 2.89. The molecule has 1 aliphatic carbocycles. The van der Waals surface area contributed by atoms with Crippen molar-refractivity contribution in [3.05, 3.63) is 35.5 Å². The lowest BCUT2D eigenvalue weighted by atomic mass is 10.1. The van der Waals surface area contributed by atoms with E-state index in [0.717, 1.165) is 30.2 Å². The van der Waals surface area contributed by atoms with E-state index in [9.17, 15) is 4.79 Å². The fraction of sp³-hybridized carbons (Fsp3) is 0.333. The second-order valence-electron chi connectivity index (χ2n) is 5.25. The highest BCUT2D eigenvalue weighted by molar-refractivity contribution is 6.35. The molecule has 3 rings (SSSR count). The summed E-state index contributed by atoms with van der Waals surface area (Å²) >= 11 is 6.14. The molecule has 1 aliphatic rings. The number of carbonyl (C=O) groups excluding carboxylic acids is 1. The van der Waals surface area contributed by atoms with E-state index < -0.39 is 0 Å². The molecule has 2 atom stereocenters. The maximum atomic E-state index is 12.3. The molecule has 1 aromatic heterocycles. The highest BCUT2D eigenvalue weighted by Gasteiger charge is 2.28. The van der Waals surface area contributed by atoms with Gasteiger partial charge in [-0.3, -0.25) is 9.78 Å². The number of hydrogen-bond donors (Lipinski definition) is 2. The zero-order valence-corrected chi connectivity index (χ0v) is 11.7. The molecule has 0 bridgehead atoms. The van der Waals surface area contributed by atoms with Crippen molar-refractivity contribution in [3.63, 3.8) is 0 Å². The molecule has 0 aliphatic heterocycles. The van der Waals surface area contributed by atoms with Crippen LogP contribution in [0.25, 0.3) is 10.9 Å². The molecule has 1 fully saturated rings. The first-order chi connectivity index (χ1) is 9.65. The molecule has 104 valence electrons. The summed E-state index contributed by atoms with van der Waals surface area (Å²) in [5, 5.41) is 4.43. The van der Waals surface area contributed by atoms with Gasteiger partial charge in [-0.2, -0.15) is 0 Å². The number of anilines is 1. The number of nitrogens with one attached hydrogen (secondary N) is 1. The topological polar surface area (TPSA) is 68.0 Å². The molecule has 4 nitrogen and oxygen atoms in total. The molecule has 5 heteroatoms. The molecule has 1 aromatic carbocycles. The van der Waals surface area contributed by atoms with E-state index in [1.165, 1.54) is 0 Å². The molecule has 3 N–H and O–H groups in total. The zero-order valence-electron chi connectivity index (χ0n) is 11.0. The lowest BCUT2D eigenvalue weighted by Crippen LogP contribution is -2.23. The largest absolute Gasteiger partial charge is 0.328 e. The van der Waals surface area contributed by atoms with Gasteiger partial charge in [0.1, 0.15) is 0 Å². The standard InChI is InChI=1S/C15H16ClN3O/c16-12-5-6-13(14-11(12)2-1-7-18-14)19-15(20)9-3-4-10(17)8-9/h1-2,5-7,9-10H,3-4,8,17H2,(H,19,20). The van der Waals surface area contributed by atoms with Crippen LogP contribution in [-0.4, -0.2) is 16.9 Å². The van der Waals surface area contributed by atoms with Crippen LogP contribution in [0.2, 0.25) is 5.02 Å². The Balaban J connectivity index is 1.88. The highest BCUT2D eigenvalue weighted by atomic mass is 35.5. The maximum absolute atomic E-state index is 12.3. The first-order valence-electron chi connectivity index (χ1n) is 6.75. The summed E-state index contributed by atoms with van der Waals surface area (Å²) in [5.74, 6) is 0.0201. The summed E-state index contributed by atoms with van der Waals surface area (Å²) in [5.41, 5.74) is 7.28. The minimum atomic E-state index is -0.000518. The van der Waals surface area contributed by atoms with Crippen LogP contribution in [0.5, 0.6) is 0 Å². The van der Waals surface area contributed by atoms with Gasteiger partial charge in [0.05, 0.1) is 16.2 Å². The highest BCUT2D eigenvalue weighted by Crippen LogP contribution is 2.30. The van der Waals surface area contributed by atoms with Crippen LogP contribution >= 0.6 is 11.6 Å². The predicted octanol–water partition coefficient (Wildman–Crippen LogP) is 2.95. The van der Waals surface area contributed by atoms with E-state index in [0.29, 0.717) is 10.7 Å². The predicted molar refractivity (Wildman–Crippen MR) is 80.7 cm³/mol. The van der Waals surface area contributed by atoms with Gasteiger partial charge in [0.15, 0.2) is 0 Å². The number of fused-ring (bicyclic) bond motifs is 1. The summed E-state index contributed by atoms with van der Waals surface area (Å²) in [6.07, 6.45) is 4.22. The van der Waals surface area contributed by atoms with E-state index >= 15 is 0 Å². The van der Waals surface area contributed by atoms with Crippen LogP contribution in [0, 0.1) is 5.92 Å². The van der Waals surface area contributed by atoms with Gasteiger partial charge in [0.2, 0.25) is 5.91 Å². The van der Waals surface area contributed by atoms with Crippen molar-refractivity contribution >= 4 is 34.1 Å². The number of amides is 1. The second-order valence-corrected chi connectivity index (χ2v) is 5.66. The number of carbonyl (C=O) groups is 1. The Labute approximate surface area is 122 Å². The third-order valence-corrected chi connectivity index (χ3v) is 4.15. The van der Waals surface area contributed by atoms with Gasteiger partial charge >= 0.3 is 0 Å². The number of nitrogens with two attached hydrogens (primary N) is 1. The van der Waals surface area contributed by atoms with Gasteiger partial charge in [0, 0.05) is 23.5 Å². The van der Waals surface area contributed by atoms with Gasteiger partial charge in [-0.1, -0.05) is 11.6 Å². The molecule has 2 unspecified atom stereocenters. The smallest absolute Gasteiger partial charge is 0.227 e. The second kappa shape index (κ2) is 5.38. The molecular weight excluding hydrogens is 274 g/mol. The average molecular weight is 290 g/mol. The number of benzene rings is 1. The van der Waals surface area contributed by atoms with E-state index in [-0.39, 0.29) is 17.9 Å². The molecule has 1 amide bonds. The Bertz CT molecular complexity index is 659. The van der Waals surface area contributed by atoms with E-state index in [1.54, 1.807) is 18.3 Å². The SMILES string of the molecule is NC1CCC(C(=O)Nc2ccc(Cl)c3cccnc23)C1. The Morgan fingerprint density at radius 3 is 2.95 bits per heavy atom. The van der Waals surface area contributed by atoms with Crippen molar-refractivity contribution in [1.82, 2.24) is 4.98 Å². The Morgan fingerprint density at radius 1 is 1.35 bits per heavy atom. The van der Waals surface area contributed by atoms with Gasteiger partial charge in [0.25, 0.3) is 0 Å². The summed E-state index contributed by atoms with van der Waals surface area (Å²) < 4.78 is 0. The van der Waals surface area contributed by atoms with Crippen molar-refractivity contribution in [2.75, 3.05) is 5.32 Å². The first kappa shape index (κ1) is 13.3. The molecule has 2 aromatic rings. The molecule has 1 saturated carbocycles. The zero-order chi connectivity index (χ0) is 14.1. The van der Waals surface area contributed by atoms with Crippen molar-refractivity contribution in [2.24, 2.45) is 11.7 Å². The molecular formula is C15H16ClN3O. The minimum Gasteiger partial charge on any atom is -0.328 e. The van der Waals surface area contributed by atoms with E-state index in [2.05, 4.69) is 10.3 Å². The number of aromatic nitrogens is 1. The van der Waals surface area contributed by atoms with Gasteiger partial charge in [-0.05, 0) is 43.5 Å². The molecule has 20 heavy (non-hydrogen) atoms. The summed E-state index contributed by atoms with van der Waals surface area (Å²) in [6.45, 7) is 0. The summed E-state index contributed by atoms with van der Waals surface area (Å²) in [7, 11) is 0. The number of rotatable bonds is 2. The minimum absolute atomic E-state index is 0.000518. The van der Waals surface area contributed by atoms with Crippen molar-refractivity contribution < 1.29 is 4.79 Å². The number of pyridine rings is 1. The molecule has 0 spiro atoms. The van der Waals surface area contributed by atoms with Crippen LogP contribution in [0.15, 0.2) is 30.5 Å². The number of nitrogens with zero attached hydrogens (tertiary/aromatic N) is 1. The van der Waals surface area contributed by atoms with Crippen LogP contribution in [0.4, 0.5) is 5.69 Å². The molecule has 1 heterocycles. The first-order valence-corrected chi connectivity index (χ1v) is 7.12. The summed E-state index contributed by atoms with van der Waals surface area (Å²) in [4.78, 5) is 16.6. The van der Waals surface area contributed by atoms with Gasteiger partial charge < -0.3 is 11.1 Å². The quantitative estimate of drug-likeness (QED) is 0.893. The molecule has 0 radical (unpaired) electrons. The summed E-state index contributed by atoms with van der Waals surface area (Å²) in [6, 6.07) is 7.44. The normalized spacial score (nSPS) is 22.1. The third kappa shape index (κ3) is 2.49. The fourth-order valence-electron chi connectivity index (χ4n) is 2.73. The van der Waals surface area contributed by atoms with Crippen LogP contribution in [0.1, 0.15) is 19.3 Å². The Kier molecular flexibility index (Phi) is 3.59. The van der Waals surface area contributed by atoms with Crippen molar-refractivity contribution in [1.29, 1.82) is 0 Å². The van der Waals surface area contributed by atoms with E-state index in [4.69, 9.17) is 17.3 Å². The monoisotopic (exact) mass is 289 g/mol. The van der Waals surface area contributed by atoms with Gasteiger partial charge in [-0.15, -0.1) is 0 Å². The van der Waals surface area contributed by atoms with Gasteiger partial charge in [-0.25, -0.2) is 0 Å². The van der Waals surface area contributed by atoms with Crippen LogP contribution < -0.4 is 11.1 Å². The van der Waals surface area contributed by atoms with Crippen LogP contribution in [0.3, 0.4) is 0 Å². The Morgan fingerprint density at radius 2 is 2.20 bits per heavy atom. The molecule has 0 saturated heterocycles. The number of hydrogen-bond acceptors (Lipinski definition) is 3. The third-order valence-electron chi connectivity index (χ3n) is 3.82.